The van der Waals surface area contributed by atoms with Gasteiger partial charge in [-0.1, -0.05) is 6.07 Å². The minimum atomic E-state index is -0.249. The molecule has 0 fully saturated rings. The largest absolute Gasteiger partial charge is 0.349 e. The summed E-state index contributed by atoms with van der Waals surface area (Å²) in [4.78, 5) is 20.1. The van der Waals surface area contributed by atoms with Crippen molar-refractivity contribution in [1.82, 2.24) is 15.3 Å². The number of aromatic nitrogens is 2. The molecule has 1 amide bonds. The molecule has 106 valence electrons. The second kappa shape index (κ2) is 6.48. The van der Waals surface area contributed by atoms with Crippen LogP contribution in [0.3, 0.4) is 0 Å². The zero-order chi connectivity index (χ0) is 15.2. The SMILES string of the molecule is CC(C)NC(=O)c1ccnc(Nc2cccc(C#N)c2)n1. The summed E-state index contributed by atoms with van der Waals surface area (Å²) in [5.74, 6) is 0.0581. The smallest absolute Gasteiger partial charge is 0.270 e. The number of carbonyl (C=O) groups excluding carboxylic acids is 1. The molecule has 0 saturated carbocycles. The predicted octanol–water partition coefficient (Wildman–Crippen LogP) is 2.23. The molecule has 0 atom stereocenters. The lowest BCUT2D eigenvalue weighted by molar-refractivity contribution is 0.0938. The highest BCUT2D eigenvalue weighted by Gasteiger charge is 2.09. The quantitative estimate of drug-likeness (QED) is 0.896. The molecule has 0 unspecified atom stereocenters. The summed E-state index contributed by atoms with van der Waals surface area (Å²) in [5.41, 5.74) is 1.52. The van der Waals surface area contributed by atoms with Gasteiger partial charge in [0, 0.05) is 17.9 Å². The van der Waals surface area contributed by atoms with Gasteiger partial charge in [0.1, 0.15) is 5.69 Å². The summed E-state index contributed by atoms with van der Waals surface area (Å²) in [6.45, 7) is 3.76. The monoisotopic (exact) mass is 281 g/mol. The van der Waals surface area contributed by atoms with Gasteiger partial charge in [0.05, 0.1) is 11.6 Å². The Balaban J connectivity index is 2.18. The minimum Gasteiger partial charge on any atom is -0.349 e. The van der Waals surface area contributed by atoms with Gasteiger partial charge in [-0.05, 0) is 38.1 Å². The van der Waals surface area contributed by atoms with E-state index in [0.29, 0.717) is 17.2 Å². The van der Waals surface area contributed by atoms with Crippen LogP contribution in [0.2, 0.25) is 0 Å². The van der Waals surface area contributed by atoms with Gasteiger partial charge in [-0.3, -0.25) is 4.79 Å². The highest BCUT2D eigenvalue weighted by molar-refractivity contribution is 5.92. The molecule has 2 aromatic rings. The van der Waals surface area contributed by atoms with Crippen molar-refractivity contribution in [2.24, 2.45) is 0 Å². The lowest BCUT2D eigenvalue weighted by Gasteiger charge is -2.09. The molecule has 0 radical (unpaired) electrons. The zero-order valence-electron chi connectivity index (χ0n) is 11.8. The number of nitriles is 1. The summed E-state index contributed by atoms with van der Waals surface area (Å²) < 4.78 is 0. The molecule has 0 spiro atoms. The van der Waals surface area contributed by atoms with Gasteiger partial charge < -0.3 is 10.6 Å². The first-order valence-corrected chi connectivity index (χ1v) is 6.49. The Morgan fingerprint density at radius 3 is 2.86 bits per heavy atom. The summed E-state index contributed by atoms with van der Waals surface area (Å²) >= 11 is 0. The minimum absolute atomic E-state index is 0.0381. The van der Waals surface area contributed by atoms with E-state index in [4.69, 9.17) is 5.26 Å². The van der Waals surface area contributed by atoms with Crippen LogP contribution in [-0.2, 0) is 0 Å². The standard InChI is InChI=1S/C15H15N5O/c1-10(2)18-14(21)13-6-7-17-15(20-13)19-12-5-3-4-11(8-12)9-16/h3-8,10H,1-2H3,(H,18,21)(H,17,19,20). The maximum absolute atomic E-state index is 11.9. The first kappa shape index (κ1) is 14.5. The molecule has 0 saturated heterocycles. The maximum Gasteiger partial charge on any atom is 0.270 e. The average molecular weight is 281 g/mol. The van der Waals surface area contributed by atoms with Crippen LogP contribution in [0.5, 0.6) is 0 Å². The Labute approximate surface area is 122 Å². The molecule has 0 bridgehead atoms. The highest BCUT2D eigenvalue weighted by atomic mass is 16.1. The molecule has 6 nitrogen and oxygen atoms in total. The molecule has 21 heavy (non-hydrogen) atoms. The highest BCUT2D eigenvalue weighted by Crippen LogP contribution is 2.14. The molecule has 0 aliphatic rings. The average Bonchev–Trinajstić information content (AvgIpc) is 2.47. The van der Waals surface area contributed by atoms with Gasteiger partial charge in [-0.2, -0.15) is 5.26 Å². The third-order valence-corrected chi connectivity index (χ3v) is 2.56. The number of benzene rings is 1. The topological polar surface area (TPSA) is 90.7 Å². The van der Waals surface area contributed by atoms with E-state index in [2.05, 4.69) is 26.7 Å². The van der Waals surface area contributed by atoms with Gasteiger partial charge in [-0.15, -0.1) is 0 Å². The third-order valence-electron chi connectivity index (χ3n) is 2.56. The number of hydrogen-bond donors (Lipinski definition) is 2. The van der Waals surface area contributed by atoms with Crippen LogP contribution in [0.4, 0.5) is 11.6 Å². The Morgan fingerprint density at radius 2 is 2.14 bits per heavy atom. The van der Waals surface area contributed by atoms with Crippen molar-refractivity contribution < 1.29 is 4.79 Å². The van der Waals surface area contributed by atoms with Crippen molar-refractivity contribution >= 4 is 17.5 Å². The van der Waals surface area contributed by atoms with Crippen molar-refractivity contribution in [3.8, 4) is 6.07 Å². The van der Waals surface area contributed by atoms with Crippen molar-refractivity contribution in [3.63, 3.8) is 0 Å². The van der Waals surface area contributed by atoms with Gasteiger partial charge in [0.25, 0.3) is 5.91 Å². The summed E-state index contributed by atoms with van der Waals surface area (Å²) in [6.07, 6.45) is 1.51. The number of nitrogens with zero attached hydrogens (tertiary/aromatic N) is 3. The number of hydrogen-bond acceptors (Lipinski definition) is 5. The molecule has 6 heteroatoms. The first-order chi connectivity index (χ1) is 10.1. The van der Waals surface area contributed by atoms with Crippen LogP contribution in [0.25, 0.3) is 0 Å². The Morgan fingerprint density at radius 1 is 1.33 bits per heavy atom. The molecule has 0 aliphatic carbocycles. The molecular weight excluding hydrogens is 266 g/mol. The molecule has 1 aromatic heterocycles. The van der Waals surface area contributed by atoms with Crippen molar-refractivity contribution in [2.45, 2.75) is 19.9 Å². The summed E-state index contributed by atoms with van der Waals surface area (Å²) in [5, 5.41) is 14.6. The fraction of sp³-hybridized carbons (Fsp3) is 0.200. The molecule has 2 rings (SSSR count). The van der Waals surface area contributed by atoms with Crippen LogP contribution < -0.4 is 10.6 Å². The van der Waals surface area contributed by atoms with Crippen molar-refractivity contribution in [1.29, 1.82) is 5.26 Å². The maximum atomic E-state index is 11.9. The van der Waals surface area contributed by atoms with Crippen molar-refractivity contribution in [3.05, 3.63) is 47.8 Å². The summed E-state index contributed by atoms with van der Waals surface area (Å²) in [7, 11) is 0. The molecular formula is C15H15N5O. The van der Waals surface area contributed by atoms with Crippen LogP contribution in [0.1, 0.15) is 29.9 Å². The number of amides is 1. The van der Waals surface area contributed by atoms with E-state index >= 15 is 0 Å². The Kier molecular flexibility index (Phi) is 4.46. The van der Waals surface area contributed by atoms with E-state index in [1.807, 2.05) is 13.8 Å². The Bertz CT molecular complexity index is 690. The fourth-order valence-electron chi connectivity index (χ4n) is 1.68. The van der Waals surface area contributed by atoms with Crippen LogP contribution >= 0.6 is 0 Å². The van der Waals surface area contributed by atoms with Gasteiger partial charge in [-0.25, -0.2) is 9.97 Å². The lowest BCUT2D eigenvalue weighted by atomic mass is 10.2. The fourth-order valence-corrected chi connectivity index (χ4v) is 1.68. The number of anilines is 2. The lowest BCUT2D eigenvalue weighted by Crippen LogP contribution is -2.30. The molecule has 1 heterocycles. The van der Waals surface area contributed by atoms with Gasteiger partial charge in [0.15, 0.2) is 0 Å². The zero-order valence-corrected chi connectivity index (χ0v) is 11.8. The van der Waals surface area contributed by atoms with E-state index < -0.39 is 0 Å². The van der Waals surface area contributed by atoms with Crippen LogP contribution in [0, 0.1) is 11.3 Å². The molecule has 1 aromatic carbocycles. The number of carbonyl (C=O) groups is 1. The van der Waals surface area contributed by atoms with Gasteiger partial charge in [0.2, 0.25) is 5.95 Å². The van der Waals surface area contributed by atoms with E-state index in [1.54, 1.807) is 30.3 Å². The first-order valence-electron chi connectivity index (χ1n) is 6.49. The van der Waals surface area contributed by atoms with E-state index in [-0.39, 0.29) is 17.6 Å². The second-order valence-corrected chi connectivity index (χ2v) is 4.71. The van der Waals surface area contributed by atoms with E-state index in [1.165, 1.54) is 6.20 Å². The Hall–Kier alpha value is -2.94. The molecule has 2 N–H and O–H groups in total. The van der Waals surface area contributed by atoms with Crippen LogP contribution in [0.15, 0.2) is 36.5 Å². The van der Waals surface area contributed by atoms with E-state index in [0.717, 1.165) is 0 Å². The van der Waals surface area contributed by atoms with Crippen molar-refractivity contribution in [2.75, 3.05) is 5.32 Å². The summed E-state index contributed by atoms with van der Waals surface area (Å²) in [6, 6.07) is 10.6. The number of rotatable bonds is 4. The number of nitrogens with one attached hydrogen (secondary N) is 2. The molecule has 0 aliphatic heterocycles. The van der Waals surface area contributed by atoms with E-state index in [9.17, 15) is 4.79 Å². The third kappa shape index (κ3) is 4.01. The normalized spacial score (nSPS) is 10.0. The second-order valence-electron chi connectivity index (χ2n) is 4.71. The predicted molar refractivity (Wildman–Crippen MR) is 79.1 cm³/mol. The van der Waals surface area contributed by atoms with Gasteiger partial charge >= 0.3 is 0 Å². The van der Waals surface area contributed by atoms with Crippen LogP contribution in [-0.4, -0.2) is 21.9 Å².